The van der Waals surface area contributed by atoms with E-state index < -0.39 is 0 Å². The summed E-state index contributed by atoms with van der Waals surface area (Å²) in [5.74, 6) is 1.42. The van der Waals surface area contributed by atoms with Gasteiger partial charge in [-0.3, -0.25) is 4.40 Å². The Balaban J connectivity index is 2.03. The van der Waals surface area contributed by atoms with Crippen LogP contribution in [0, 0.1) is 0 Å². The average Bonchev–Trinajstić information content (AvgIpc) is 2.99. The highest BCUT2D eigenvalue weighted by atomic mass is 16.5. The third-order valence-electron chi connectivity index (χ3n) is 3.77. The molecule has 2 heterocycles. The number of pyridine rings is 1. The highest BCUT2D eigenvalue weighted by Gasteiger charge is 2.12. The second-order valence-corrected chi connectivity index (χ2v) is 5.07. The van der Waals surface area contributed by atoms with Crippen LogP contribution in [0.3, 0.4) is 0 Å². The van der Waals surface area contributed by atoms with E-state index in [0.717, 1.165) is 27.9 Å². The fourth-order valence-corrected chi connectivity index (χ4v) is 2.70. The van der Waals surface area contributed by atoms with E-state index >= 15 is 0 Å². The average molecular weight is 290 g/mol. The predicted molar refractivity (Wildman–Crippen MR) is 86.9 cm³/mol. The molecule has 2 aromatic heterocycles. The molecule has 0 radical (unpaired) electrons. The van der Waals surface area contributed by atoms with E-state index in [0.29, 0.717) is 11.4 Å². The molecule has 5 heteroatoms. The quantitative estimate of drug-likeness (QED) is 0.576. The Bertz CT molecular complexity index is 990. The lowest BCUT2D eigenvalue weighted by molar-refractivity contribution is 0.417. The van der Waals surface area contributed by atoms with Crippen LogP contribution in [0.15, 0.2) is 54.6 Å². The van der Waals surface area contributed by atoms with Gasteiger partial charge in [-0.05, 0) is 41.8 Å². The van der Waals surface area contributed by atoms with Crippen molar-refractivity contribution in [3.8, 4) is 17.1 Å². The maximum absolute atomic E-state index is 6.01. The van der Waals surface area contributed by atoms with E-state index in [9.17, 15) is 0 Å². The van der Waals surface area contributed by atoms with Crippen molar-refractivity contribution in [3.05, 3.63) is 54.6 Å². The van der Waals surface area contributed by atoms with Crippen LogP contribution in [0.4, 0.5) is 5.69 Å². The monoisotopic (exact) mass is 290 g/mol. The number of hydrogen-bond acceptors (Lipinski definition) is 4. The molecule has 4 aromatic rings. The summed E-state index contributed by atoms with van der Waals surface area (Å²) in [6.45, 7) is 0. The topological polar surface area (TPSA) is 65.4 Å². The molecule has 0 fully saturated rings. The molecule has 5 nitrogen and oxygen atoms in total. The number of nitrogen functional groups attached to an aromatic ring is 1. The normalized spacial score (nSPS) is 11.1. The van der Waals surface area contributed by atoms with Gasteiger partial charge in [-0.2, -0.15) is 0 Å². The fourth-order valence-electron chi connectivity index (χ4n) is 2.70. The van der Waals surface area contributed by atoms with E-state index in [1.807, 2.05) is 46.9 Å². The number of fused-ring (bicyclic) bond motifs is 3. The van der Waals surface area contributed by atoms with Crippen molar-refractivity contribution in [2.45, 2.75) is 0 Å². The summed E-state index contributed by atoms with van der Waals surface area (Å²) in [5.41, 5.74) is 9.37. The van der Waals surface area contributed by atoms with Crippen molar-refractivity contribution in [1.82, 2.24) is 14.6 Å². The number of para-hydroxylation sites is 1. The van der Waals surface area contributed by atoms with Crippen LogP contribution >= 0.6 is 0 Å². The van der Waals surface area contributed by atoms with Gasteiger partial charge in [0.2, 0.25) is 0 Å². The summed E-state index contributed by atoms with van der Waals surface area (Å²) in [7, 11) is 1.60. The molecule has 0 amide bonds. The predicted octanol–water partition coefficient (Wildman–Crippen LogP) is 3.14. The van der Waals surface area contributed by atoms with Crippen LogP contribution in [-0.2, 0) is 0 Å². The number of hydrogen-bond donors (Lipinski definition) is 1. The first-order valence-corrected chi connectivity index (χ1v) is 6.95. The number of methoxy groups -OCH3 is 1. The van der Waals surface area contributed by atoms with Gasteiger partial charge in [-0.15, -0.1) is 10.2 Å². The number of rotatable bonds is 2. The number of ether oxygens (including phenoxy) is 1. The van der Waals surface area contributed by atoms with Crippen LogP contribution in [0.1, 0.15) is 0 Å². The smallest absolute Gasteiger partial charge is 0.168 e. The maximum atomic E-state index is 6.01. The van der Waals surface area contributed by atoms with Crippen molar-refractivity contribution in [2.24, 2.45) is 0 Å². The molecule has 22 heavy (non-hydrogen) atoms. The number of anilines is 1. The second kappa shape index (κ2) is 4.73. The third kappa shape index (κ3) is 1.79. The minimum Gasteiger partial charge on any atom is -0.495 e. The largest absolute Gasteiger partial charge is 0.495 e. The fraction of sp³-hybridized carbons (Fsp3) is 0.0588. The molecular weight excluding hydrogens is 276 g/mol. The lowest BCUT2D eigenvalue weighted by Gasteiger charge is -2.08. The van der Waals surface area contributed by atoms with Gasteiger partial charge in [0.05, 0.1) is 18.3 Å². The molecule has 2 aromatic carbocycles. The molecule has 4 rings (SSSR count). The zero-order chi connectivity index (χ0) is 15.1. The van der Waals surface area contributed by atoms with Gasteiger partial charge in [-0.25, -0.2) is 0 Å². The van der Waals surface area contributed by atoms with E-state index in [-0.39, 0.29) is 0 Å². The Labute approximate surface area is 127 Å². The number of benzene rings is 2. The molecule has 0 atom stereocenters. The van der Waals surface area contributed by atoms with Gasteiger partial charge in [0.15, 0.2) is 11.5 Å². The summed E-state index contributed by atoms with van der Waals surface area (Å²) in [5, 5.41) is 9.72. The Kier molecular flexibility index (Phi) is 2.72. The van der Waals surface area contributed by atoms with Gasteiger partial charge in [-0.1, -0.05) is 18.2 Å². The van der Waals surface area contributed by atoms with Crippen LogP contribution < -0.4 is 10.5 Å². The first-order valence-electron chi connectivity index (χ1n) is 6.95. The van der Waals surface area contributed by atoms with E-state index in [4.69, 9.17) is 10.5 Å². The lowest BCUT2D eigenvalue weighted by atomic mass is 10.1. The van der Waals surface area contributed by atoms with Gasteiger partial charge in [0.1, 0.15) is 5.75 Å². The van der Waals surface area contributed by atoms with Crippen LogP contribution in [-0.4, -0.2) is 21.7 Å². The Morgan fingerprint density at radius 3 is 2.68 bits per heavy atom. The minimum absolute atomic E-state index is 0.581. The Hall–Kier alpha value is -3.08. The van der Waals surface area contributed by atoms with E-state index in [1.54, 1.807) is 7.11 Å². The number of nitrogens with two attached hydrogens (primary N) is 1. The van der Waals surface area contributed by atoms with Crippen LogP contribution in [0.5, 0.6) is 5.75 Å². The molecule has 0 bridgehead atoms. The van der Waals surface area contributed by atoms with Crippen molar-refractivity contribution >= 4 is 22.2 Å². The summed E-state index contributed by atoms with van der Waals surface area (Å²) in [6.07, 6.45) is 0. The summed E-state index contributed by atoms with van der Waals surface area (Å²) >= 11 is 0. The molecule has 0 saturated carbocycles. The molecule has 0 aliphatic carbocycles. The van der Waals surface area contributed by atoms with Gasteiger partial charge < -0.3 is 10.5 Å². The van der Waals surface area contributed by atoms with Crippen molar-refractivity contribution < 1.29 is 4.74 Å². The molecule has 0 saturated heterocycles. The van der Waals surface area contributed by atoms with Crippen molar-refractivity contribution in [1.29, 1.82) is 0 Å². The van der Waals surface area contributed by atoms with E-state index in [1.165, 1.54) is 0 Å². The minimum atomic E-state index is 0.581. The molecule has 0 aliphatic rings. The zero-order valence-electron chi connectivity index (χ0n) is 12.0. The van der Waals surface area contributed by atoms with Crippen LogP contribution in [0.2, 0.25) is 0 Å². The van der Waals surface area contributed by atoms with Crippen molar-refractivity contribution in [2.75, 3.05) is 12.8 Å². The maximum Gasteiger partial charge on any atom is 0.168 e. The van der Waals surface area contributed by atoms with E-state index in [2.05, 4.69) is 22.3 Å². The van der Waals surface area contributed by atoms with Gasteiger partial charge in [0.25, 0.3) is 0 Å². The molecule has 108 valence electrons. The zero-order valence-corrected chi connectivity index (χ0v) is 12.0. The van der Waals surface area contributed by atoms with Crippen molar-refractivity contribution in [3.63, 3.8) is 0 Å². The first-order chi connectivity index (χ1) is 10.8. The van der Waals surface area contributed by atoms with Crippen LogP contribution in [0.25, 0.3) is 27.9 Å². The lowest BCUT2D eigenvalue weighted by Crippen LogP contribution is -1.95. The van der Waals surface area contributed by atoms with Gasteiger partial charge in [0, 0.05) is 5.56 Å². The number of aromatic nitrogens is 3. The molecule has 0 aliphatic heterocycles. The highest BCUT2D eigenvalue weighted by molar-refractivity contribution is 5.84. The standard InChI is InChI=1S/C17H14N4O/c1-22-15-8-6-12(10-13(15)18)17-20-19-16-9-7-11-4-2-3-5-14(11)21(16)17/h2-10H,18H2,1H3. The second-order valence-electron chi connectivity index (χ2n) is 5.07. The molecule has 2 N–H and O–H groups in total. The molecule has 0 spiro atoms. The summed E-state index contributed by atoms with van der Waals surface area (Å²) in [6, 6.07) is 17.8. The third-order valence-corrected chi connectivity index (χ3v) is 3.77. The first kappa shape index (κ1) is 12.6. The molecule has 0 unspecified atom stereocenters. The van der Waals surface area contributed by atoms with Gasteiger partial charge >= 0.3 is 0 Å². The highest BCUT2D eigenvalue weighted by Crippen LogP contribution is 2.29. The summed E-state index contributed by atoms with van der Waals surface area (Å²) in [4.78, 5) is 0. The Morgan fingerprint density at radius 1 is 1.00 bits per heavy atom. The molecular formula is C17H14N4O. The Morgan fingerprint density at radius 2 is 1.86 bits per heavy atom. The summed E-state index contributed by atoms with van der Waals surface area (Å²) < 4.78 is 7.25. The SMILES string of the molecule is COc1ccc(-c2nnc3ccc4ccccc4n23)cc1N. The number of nitrogens with zero attached hydrogens (tertiary/aromatic N) is 3.